The fourth-order valence-electron chi connectivity index (χ4n) is 3.20. The van der Waals surface area contributed by atoms with Crippen LogP contribution in [0.2, 0.25) is 0 Å². The second-order valence-electron chi connectivity index (χ2n) is 5.07. The van der Waals surface area contributed by atoms with Crippen molar-refractivity contribution in [2.24, 2.45) is 17.8 Å². The monoisotopic (exact) mass is 224 g/mol. The molecule has 3 atom stereocenters. The van der Waals surface area contributed by atoms with Crippen LogP contribution in [-0.4, -0.2) is 53.1 Å². The molecule has 16 heavy (non-hydrogen) atoms. The largest absolute Gasteiger partial charge is 0.465 e. The highest BCUT2D eigenvalue weighted by atomic mass is 16.4. The van der Waals surface area contributed by atoms with Crippen LogP contribution in [0.15, 0.2) is 0 Å². The molecule has 2 aliphatic heterocycles. The van der Waals surface area contributed by atoms with Gasteiger partial charge in [-0.2, -0.15) is 0 Å². The summed E-state index contributed by atoms with van der Waals surface area (Å²) in [7, 11) is 0. The molecular formula is C11H16N2O3. The number of nitrogens with zero attached hydrogens (tertiary/aromatic N) is 2. The smallest absolute Gasteiger partial charge is 0.407 e. The predicted molar refractivity (Wildman–Crippen MR) is 55.9 cm³/mol. The third kappa shape index (κ3) is 1.37. The van der Waals surface area contributed by atoms with E-state index in [4.69, 9.17) is 5.11 Å². The van der Waals surface area contributed by atoms with Gasteiger partial charge in [0.15, 0.2) is 0 Å². The normalized spacial score (nSPS) is 36.4. The van der Waals surface area contributed by atoms with Crippen LogP contribution in [0, 0.1) is 17.8 Å². The van der Waals surface area contributed by atoms with E-state index in [-0.39, 0.29) is 11.8 Å². The Morgan fingerprint density at radius 1 is 1.00 bits per heavy atom. The lowest BCUT2D eigenvalue weighted by Crippen LogP contribution is -2.35. The first-order chi connectivity index (χ1) is 7.68. The average molecular weight is 224 g/mol. The van der Waals surface area contributed by atoms with Crippen molar-refractivity contribution in [2.75, 3.05) is 26.2 Å². The Hall–Kier alpha value is -1.26. The molecule has 3 rings (SSSR count). The molecule has 5 nitrogen and oxygen atoms in total. The van der Waals surface area contributed by atoms with Crippen molar-refractivity contribution in [3.05, 3.63) is 0 Å². The maximum Gasteiger partial charge on any atom is 0.407 e. The molecular weight excluding hydrogens is 208 g/mol. The Morgan fingerprint density at radius 2 is 1.56 bits per heavy atom. The molecule has 0 bridgehead atoms. The van der Waals surface area contributed by atoms with Crippen LogP contribution in [0.5, 0.6) is 0 Å². The van der Waals surface area contributed by atoms with E-state index in [1.165, 1.54) is 4.90 Å². The van der Waals surface area contributed by atoms with Crippen molar-refractivity contribution >= 4 is 12.0 Å². The maximum absolute atomic E-state index is 12.1. The number of likely N-dealkylation sites (tertiary alicyclic amines) is 2. The molecule has 0 radical (unpaired) electrons. The molecule has 88 valence electrons. The number of piperidine rings is 1. The van der Waals surface area contributed by atoms with Crippen LogP contribution < -0.4 is 0 Å². The SMILES string of the molecule is O=C(O)N1C[C@@H]2[C@H](C1)[C@H]2C(=O)N1CCCC1. The number of amides is 2. The number of carboxylic acid groups (broad SMARTS) is 1. The van der Waals surface area contributed by atoms with Crippen LogP contribution >= 0.6 is 0 Å². The summed E-state index contributed by atoms with van der Waals surface area (Å²) < 4.78 is 0. The van der Waals surface area contributed by atoms with E-state index in [0.29, 0.717) is 24.9 Å². The molecule has 0 aromatic heterocycles. The van der Waals surface area contributed by atoms with Crippen molar-refractivity contribution in [3.8, 4) is 0 Å². The zero-order chi connectivity index (χ0) is 11.3. The summed E-state index contributed by atoms with van der Waals surface area (Å²) in [6.45, 7) is 2.92. The van der Waals surface area contributed by atoms with E-state index >= 15 is 0 Å². The van der Waals surface area contributed by atoms with Crippen LogP contribution in [-0.2, 0) is 4.79 Å². The number of rotatable bonds is 1. The lowest BCUT2D eigenvalue weighted by molar-refractivity contribution is -0.132. The summed E-state index contributed by atoms with van der Waals surface area (Å²) in [6.07, 6.45) is 1.39. The average Bonchev–Trinajstić information content (AvgIpc) is 2.75. The van der Waals surface area contributed by atoms with E-state index in [2.05, 4.69) is 0 Å². The van der Waals surface area contributed by atoms with E-state index in [1.54, 1.807) is 0 Å². The Labute approximate surface area is 94.0 Å². The second kappa shape index (κ2) is 3.37. The van der Waals surface area contributed by atoms with Gasteiger partial charge in [0, 0.05) is 32.1 Å². The minimum atomic E-state index is -0.848. The zero-order valence-corrected chi connectivity index (χ0v) is 9.13. The third-order valence-corrected chi connectivity index (χ3v) is 4.17. The first-order valence-electron chi connectivity index (χ1n) is 5.95. The lowest BCUT2D eigenvalue weighted by atomic mass is 10.2. The van der Waals surface area contributed by atoms with Gasteiger partial charge in [-0.3, -0.25) is 4.79 Å². The number of fused-ring (bicyclic) bond motifs is 1. The molecule has 1 aliphatic carbocycles. The van der Waals surface area contributed by atoms with Crippen LogP contribution in [0.3, 0.4) is 0 Å². The molecule has 3 fully saturated rings. The number of carbonyl (C=O) groups is 2. The van der Waals surface area contributed by atoms with Crippen LogP contribution in [0.25, 0.3) is 0 Å². The topological polar surface area (TPSA) is 60.9 Å². The van der Waals surface area contributed by atoms with Crippen molar-refractivity contribution in [3.63, 3.8) is 0 Å². The summed E-state index contributed by atoms with van der Waals surface area (Å²) >= 11 is 0. The van der Waals surface area contributed by atoms with E-state index in [9.17, 15) is 9.59 Å². The number of carbonyl (C=O) groups excluding carboxylic acids is 1. The lowest BCUT2D eigenvalue weighted by Gasteiger charge is -2.19. The Bertz CT molecular complexity index is 326. The molecule has 0 unspecified atom stereocenters. The van der Waals surface area contributed by atoms with E-state index in [1.807, 2.05) is 4.90 Å². The highest BCUT2D eigenvalue weighted by Crippen LogP contribution is 2.52. The van der Waals surface area contributed by atoms with Crippen molar-refractivity contribution in [2.45, 2.75) is 12.8 Å². The zero-order valence-electron chi connectivity index (χ0n) is 9.13. The van der Waals surface area contributed by atoms with Gasteiger partial charge in [-0.25, -0.2) is 4.79 Å². The first kappa shape index (κ1) is 9.93. The molecule has 3 aliphatic rings. The van der Waals surface area contributed by atoms with Gasteiger partial charge in [-0.15, -0.1) is 0 Å². The Kier molecular flexibility index (Phi) is 2.09. The van der Waals surface area contributed by atoms with Crippen molar-refractivity contribution in [1.29, 1.82) is 0 Å². The number of hydrogen-bond donors (Lipinski definition) is 1. The van der Waals surface area contributed by atoms with E-state index < -0.39 is 6.09 Å². The standard InChI is InChI=1S/C11H16N2O3/c14-10(12-3-1-2-4-12)9-7-5-13(11(15)16)6-8(7)9/h7-9H,1-6H2,(H,15,16)/t7-,8+,9+. The summed E-state index contributed by atoms with van der Waals surface area (Å²) in [5.41, 5.74) is 0. The predicted octanol–water partition coefficient (Wildman–Crippen LogP) is 0.465. The summed E-state index contributed by atoms with van der Waals surface area (Å²) in [6, 6.07) is 0. The van der Waals surface area contributed by atoms with Gasteiger partial charge in [0.2, 0.25) is 5.91 Å². The van der Waals surface area contributed by atoms with Crippen molar-refractivity contribution in [1.82, 2.24) is 9.80 Å². The maximum atomic E-state index is 12.1. The van der Waals surface area contributed by atoms with Gasteiger partial charge in [0.1, 0.15) is 0 Å². The Balaban J connectivity index is 1.58. The molecule has 1 N–H and O–H groups in total. The molecule has 0 aromatic carbocycles. The summed E-state index contributed by atoms with van der Waals surface area (Å²) in [5.74, 6) is 1.03. The summed E-state index contributed by atoms with van der Waals surface area (Å²) in [4.78, 5) is 26.2. The van der Waals surface area contributed by atoms with Crippen LogP contribution in [0.1, 0.15) is 12.8 Å². The Morgan fingerprint density at radius 3 is 2.06 bits per heavy atom. The molecule has 5 heteroatoms. The summed E-state index contributed by atoms with van der Waals surface area (Å²) in [5, 5.41) is 8.82. The molecule has 2 amide bonds. The third-order valence-electron chi connectivity index (χ3n) is 4.17. The highest BCUT2D eigenvalue weighted by molar-refractivity contribution is 5.83. The molecule has 0 aromatic rings. The van der Waals surface area contributed by atoms with E-state index in [0.717, 1.165) is 25.9 Å². The quantitative estimate of drug-likeness (QED) is 0.704. The molecule has 2 saturated heterocycles. The fraction of sp³-hybridized carbons (Fsp3) is 0.818. The van der Waals surface area contributed by atoms with Crippen LogP contribution in [0.4, 0.5) is 4.79 Å². The van der Waals surface area contributed by atoms with Crippen molar-refractivity contribution < 1.29 is 14.7 Å². The minimum Gasteiger partial charge on any atom is -0.465 e. The first-order valence-corrected chi connectivity index (χ1v) is 5.95. The molecule has 2 heterocycles. The second-order valence-corrected chi connectivity index (χ2v) is 5.07. The molecule has 1 saturated carbocycles. The van der Waals surface area contributed by atoms with Gasteiger partial charge in [0.25, 0.3) is 0 Å². The van der Waals surface area contributed by atoms with Gasteiger partial charge in [0.05, 0.1) is 0 Å². The highest BCUT2D eigenvalue weighted by Gasteiger charge is 2.61. The fourth-order valence-corrected chi connectivity index (χ4v) is 3.20. The van der Waals surface area contributed by atoms with Gasteiger partial charge >= 0.3 is 6.09 Å². The minimum absolute atomic E-state index is 0.133. The van der Waals surface area contributed by atoms with Gasteiger partial charge < -0.3 is 14.9 Å². The van der Waals surface area contributed by atoms with Gasteiger partial charge in [-0.05, 0) is 24.7 Å². The molecule has 0 spiro atoms. The number of hydrogen-bond acceptors (Lipinski definition) is 2. The van der Waals surface area contributed by atoms with Gasteiger partial charge in [-0.1, -0.05) is 0 Å².